The summed E-state index contributed by atoms with van der Waals surface area (Å²) in [5, 5.41) is 0. The summed E-state index contributed by atoms with van der Waals surface area (Å²) in [6.07, 6.45) is 2.74. The van der Waals surface area contributed by atoms with E-state index in [-0.39, 0.29) is 0 Å². The van der Waals surface area contributed by atoms with Gasteiger partial charge in [0.1, 0.15) is 0 Å². The van der Waals surface area contributed by atoms with Gasteiger partial charge in [-0.3, -0.25) is 4.90 Å². The Morgan fingerprint density at radius 1 is 1.73 bits per heavy atom. The Morgan fingerprint density at radius 2 is 2.45 bits per heavy atom. The molecular weight excluding hydrogens is 202 g/mol. The first kappa shape index (κ1) is 9.27. The van der Waals surface area contributed by atoms with Crippen molar-refractivity contribution in [3.8, 4) is 0 Å². The van der Waals surface area contributed by atoms with Gasteiger partial charge in [-0.1, -0.05) is 29.4 Å². The average Bonchev–Trinajstić information content (AvgIpc) is 1.85. The van der Waals surface area contributed by atoms with Crippen LogP contribution in [0.15, 0.2) is 11.1 Å². The van der Waals surface area contributed by atoms with Crippen LogP contribution in [0.4, 0.5) is 0 Å². The first-order valence-electron chi connectivity index (χ1n) is 4.24. The van der Waals surface area contributed by atoms with Crippen molar-refractivity contribution in [2.45, 2.75) is 19.8 Å². The fourth-order valence-electron chi connectivity index (χ4n) is 1.67. The van der Waals surface area contributed by atoms with E-state index in [1.54, 1.807) is 0 Å². The van der Waals surface area contributed by atoms with Crippen molar-refractivity contribution in [1.29, 1.82) is 0 Å². The number of hydrogen-bond donors (Lipinski definition) is 0. The zero-order valence-corrected chi connectivity index (χ0v) is 8.73. The maximum atomic E-state index is 3.85. The van der Waals surface area contributed by atoms with Gasteiger partial charge in [-0.05, 0) is 25.3 Å². The molecule has 0 N–H and O–H groups in total. The Hall–Kier alpha value is 0.180. The predicted octanol–water partition coefficient (Wildman–Crippen LogP) is 2.63. The minimum atomic E-state index is 0.871. The lowest BCUT2D eigenvalue weighted by Crippen LogP contribution is -2.34. The second-order valence-electron chi connectivity index (χ2n) is 3.50. The van der Waals surface area contributed by atoms with Crippen molar-refractivity contribution in [3.05, 3.63) is 11.1 Å². The zero-order chi connectivity index (χ0) is 8.27. The Kier molecular flexibility index (Phi) is 3.60. The second-order valence-corrected chi connectivity index (χ2v) is 4.62. The minimum Gasteiger partial charge on any atom is -0.298 e. The molecule has 0 bridgehead atoms. The van der Waals surface area contributed by atoms with Gasteiger partial charge in [-0.25, -0.2) is 0 Å². The summed E-state index contributed by atoms with van der Waals surface area (Å²) in [5.41, 5.74) is 0. The van der Waals surface area contributed by atoms with E-state index >= 15 is 0 Å². The Morgan fingerprint density at radius 3 is 3.00 bits per heavy atom. The Bertz CT molecular complexity index is 144. The molecule has 2 heteroatoms. The highest BCUT2D eigenvalue weighted by atomic mass is 79.9. The summed E-state index contributed by atoms with van der Waals surface area (Å²) >= 11 is 3.39. The lowest BCUT2D eigenvalue weighted by molar-refractivity contribution is 0.201. The van der Waals surface area contributed by atoms with Crippen LogP contribution in [0.5, 0.6) is 0 Å². The molecule has 0 aromatic rings. The van der Waals surface area contributed by atoms with Crippen molar-refractivity contribution >= 4 is 15.9 Å². The molecule has 0 amide bonds. The van der Waals surface area contributed by atoms with Gasteiger partial charge in [-0.15, -0.1) is 0 Å². The number of likely N-dealkylation sites (tertiary alicyclic amines) is 1. The lowest BCUT2D eigenvalue weighted by atomic mass is 10.0. The van der Waals surface area contributed by atoms with E-state index in [1.807, 2.05) is 0 Å². The van der Waals surface area contributed by atoms with Gasteiger partial charge >= 0.3 is 0 Å². The van der Waals surface area contributed by atoms with Crippen LogP contribution in [0.2, 0.25) is 0 Å². The topological polar surface area (TPSA) is 3.24 Å². The molecular formula is C9H16BrN. The van der Waals surface area contributed by atoms with E-state index in [0.717, 1.165) is 16.9 Å². The second kappa shape index (κ2) is 4.27. The van der Waals surface area contributed by atoms with Crippen molar-refractivity contribution in [2.24, 2.45) is 5.92 Å². The molecule has 0 aromatic heterocycles. The Balaban J connectivity index is 2.28. The number of hydrogen-bond acceptors (Lipinski definition) is 1. The third-order valence-electron chi connectivity index (χ3n) is 2.14. The van der Waals surface area contributed by atoms with Gasteiger partial charge in [0.05, 0.1) is 0 Å². The number of piperidine rings is 1. The Labute approximate surface area is 77.6 Å². The monoisotopic (exact) mass is 217 g/mol. The van der Waals surface area contributed by atoms with Crippen LogP contribution in [-0.4, -0.2) is 24.5 Å². The first-order valence-corrected chi connectivity index (χ1v) is 5.03. The molecule has 64 valence electrons. The van der Waals surface area contributed by atoms with Gasteiger partial charge in [0.15, 0.2) is 0 Å². The highest BCUT2D eigenvalue weighted by molar-refractivity contribution is 9.11. The average molecular weight is 218 g/mol. The van der Waals surface area contributed by atoms with E-state index in [0.29, 0.717) is 0 Å². The molecule has 0 aromatic carbocycles. The standard InChI is InChI=1S/C9H16BrN/c1-8-4-3-5-11(6-8)7-9(2)10/h8H,2-7H2,1H3/t8-/m1/s1. The number of rotatable bonds is 2. The van der Waals surface area contributed by atoms with Crippen LogP contribution in [0.25, 0.3) is 0 Å². The summed E-state index contributed by atoms with van der Waals surface area (Å²) in [5.74, 6) is 0.871. The summed E-state index contributed by atoms with van der Waals surface area (Å²) < 4.78 is 1.10. The maximum Gasteiger partial charge on any atom is 0.0294 e. The van der Waals surface area contributed by atoms with E-state index in [1.165, 1.54) is 25.9 Å². The van der Waals surface area contributed by atoms with Gasteiger partial charge < -0.3 is 0 Å². The quantitative estimate of drug-likeness (QED) is 0.688. The molecule has 1 rings (SSSR count). The first-order chi connectivity index (χ1) is 5.18. The molecule has 1 nitrogen and oxygen atoms in total. The van der Waals surface area contributed by atoms with Crippen LogP contribution in [-0.2, 0) is 0 Å². The maximum absolute atomic E-state index is 3.85. The molecule has 1 fully saturated rings. The van der Waals surface area contributed by atoms with Gasteiger partial charge in [-0.2, -0.15) is 0 Å². The van der Waals surface area contributed by atoms with Crippen molar-refractivity contribution < 1.29 is 0 Å². The van der Waals surface area contributed by atoms with Crippen LogP contribution in [0.1, 0.15) is 19.8 Å². The largest absolute Gasteiger partial charge is 0.298 e. The van der Waals surface area contributed by atoms with Crippen molar-refractivity contribution in [1.82, 2.24) is 4.90 Å². The smallest absolute Gasteiger partial charge is 0.0294 e. The molecule has 0 unspecified atom stereocenters. The number of halogens is 1. The molecule has 11 heavy (non-hydrogen) atoms. The molecule has 1 saturated heterocycles. The third kappa shape index (κ3) is 3.39. The minimum absolute atomic E-state index is 0.871. The fourth-order valence-corrected chi connectivity index (χ4v) is 2.03. The number of nitrogens with zero attached hydrogens (tertiary/aromatic N) is 1. The van der Waals surface area contributed by atoms with E-state index in [4.69, 9.17) is 0 Å². The zero-order valence-electron chi connectivity index (χ0n) is 7.15. The molecule has 0 spiro atoms. The van der Waals surface area contributed by atoms with Crippen LogP contribution in [0, 0.1) is 5.92 Å². The van der Waals surface area contributed by atoms with E-state index in [9.17, 15) is 0 Å². The molecule has 0 radical (unpaired) electrons. The molecule has 1 atom stereocenters. The summed E-state index contributed by atoms with van der Waals surface area (Å²) in [6, 6.07) is 0. The van der Waals surface area contributed by atoms with Gasteiger partial charge in [0, 0.05) is 17.6 Å². The highest BCUT2D eigenvalue weighted by Gasteiger charge is 2.15. The summed E-state index contributed by atoms with van der Waals surface area (Å²) in [7, 11) is 0. The lowest BCUT2D eigenvalue weighted by Gasteiger charge is -2.30. The van der Waals surface area contributed by atoms with Crippen molar-refractivity contribution in [2.75, 3.05) is 19.6 Å². The third-order valence-corrected chi connectivity index (χ3v) is 2.39. The van der Waals surface area contributed by atoms with E-state index in [2.05, 4.69) is 34.3 Å². The SMILES string of the molecule is C=C(Br)CN1CCC[C@@H](C)C1. The summed E-state index contributed by atoms with van der Waals surface area (Å²) in [6.45, 7) is 9.68. The molecule has 1 heterocycles. The fraction of sp³-hybridized carbons (Fsp3) is 0.778. The molecule has 0 saturated carbocycles. The van der Waals surface area contributed by atoms with Crippen LogP contribution in [0.3, 0.4) is 0 Å². The molecule has 0 aliphatic carbocycles. The van der Waals surface area contributed by atoms with Gasteiger partial charge in [0.25, 0.3) is 0 Å². The normalized spacial score (nSPS) is 26.9. The van der Waals surface area contributed by atoms with Crippen LogP contribution < -0.4 is 0 Å². The van der Waals surface area contributed by atoms with E-state index < -0.39 is 0 Å². The van der Waals surface area contributed by atoms with Crippen LogP contribution >= 0.6 is 15.9 Å². The highest BCUT2D eigenvalue weighted by Crippen LogP contribution is 2.17. The molecule has 1 aliphatic rings. The predicted molar refractivity (Wildman–Crippen MR) is 52.9 cm³/mol. The van der Waals surface area contributed by atoms with Crippen molar-refractivity contribution in [3.63, 3.8) is 0 Å². The molecule has 1 aliphatic heterocycles. The summed E-state index contributed by atoms with van der Waals surface area (Å²) in [4.78, 5) is 2.46. The van der Waals surface area contributed by atoms with Gasteiger partial charge in [0.2, 0.25) is 0 Å².